The zero-order chi connectivity index (χ0) is 13.1. The number of nitrogens with one attached hydrogen (secondary N) is 1. The van der Waals surface area contributed by atoms with Crippen LogP contribution in [0, 0.1) is 6.92 Å². The summed E-state index contributed by atoms with van der Waals surface area (Å²) in [5.41, 5.74) is 2.13. The van der Waals surface area contributed by atoms with Gasteiger partial charge in [0.25, 0.3) is 5.91 Å². The van der Waals surface area contributed by atoms with Gasteiger partial charge in [0.2, 0.25) is 0 Å². The summed E-state index contributed by atoms with van der Waals surface area (Å²) in [4.78, 5) is 23.9. The maximum absolute atomic E-state index is 11.7. The molecule has 0 aliphatic carbocycles. The van der Waals surface area contributed by atoms with E-state index in [1.165, 1.54) is 0 Å². The van der Waals surface area contributed by atoms with E-state index >= 15 is 0 Å². The molecule has 2 N–H and O–H groups in total. The lowest BCUT2D eigenvalue weighted by atomic mass is 10.1. The fourth-order valence-electron chi connectivity index (χ4n) is 1.93. The predicted octanol–water partition coefficient (Wildman–Crippen LogP) is 1.45. The number of morpholine rings is 1. The summed E-state index contributed by atoms with van der Waals surface area (Å²) in [6, 6.07) is 5.08. The predicted molar refractivity (Wildman–Crippen MR) is 66.0 cm³/mol. The summed E-state index contributed by atoms with van der Waals surface area (Å²) in [5, 5.41) is 10.9. The monoisotopic (exact) mass is 250 g/mol. The number of hydrogen-bond donors (Lipinski definition) is 2. The second kappa shape index (κ2) is 5.05. The molecular formula is C12H14N2O4. The summed E-state index contributed by atoms with van der Waals surface area (Å²) >= 11 is 0. The number of carboxylic acid groups (broad SMARTS) is 1. The molecular weight excluding hydrogens is 236 g/mol. The number of aryl methyl sites for hydroxylation is 1. The molecule has 0 unspecified atom stereocenters. The van der Waals surface area contributed by atoms with Gasteiger partial charge in [0, 0.05) is 17.9 Å². The van der Waals surface area contributed by atoms with Gasteiger partial charge in [-0.3, -0.25) is 10.1 Å². The molecule has 1 aliphatic heterocycles. The first-order valence-electron chi connectivity index (χ1n) is 5.56. The standard InChI is InChI=1S/C12H14N2O4/c1-8-6-9(13-12(16)17)2-3-10(8)14-4-5-18-7-11(14)15/h2-3,6,13H,4-5,7H2,1H3,(H,16,17). The fraction of sp³-hybridized carbons (Fsp3) is 0.333. The van der Waals surface area contributed by atoms with E-state index in [-0.39, 0.29) is 12.5 Å². The van der Waals surface area contributed by atoms with E-state index in [9.17, 15) is 9.59 Å². The van der Waals surface area contributed by atoms with E-state index in [1.807, 2.05) is 6.92 Å². The summed E-state index contributed by atoms with van der Waals surface area (Å²) in [6.07, 6.45) is -1.11. The van der Waals surface area contributed by atoms with E-state index in [2.05, 4.69) is 5.32 Å². The Morgan fingerprint density at radius 2 is 2.28 bits per heavy atom. The molecule has 0 saturated carbocycles. The molecule has 0 spiro atoms. The highest BCUT2D eigenvalue weighted by atomic mass is 16.5. The first-order valence-corrected chi connectivity index (χ1v) is 5.56. The topological polar surface area (TPSA) is 78.9 Å². The van der Waals surface area contributed by atoms with Crippen molar-refractivity contribution in [1.82, 2.24) is 0 Å². The Labute approximate surface area is 104 Å². The summed E-state index contributed by atoms with van der Waals surface area (Å²) in [6.45, 7) is 2.96. The zero-order valence-electron chi connectivity index (χ0n) is 9.97. The van der Waals surface area contributed by atoms with Crippen molar-refractivity contribution in [3.05, 3.63) is 23.8 Å². The number of rotatable bonds is 2. The van der Waals surface area contributed by atoms with Crippen molar-refractivity contribution in [1.29, 1.82) is 0 Å². The first kappa shape index (κ1) is 12.4. The molecule has 0 radical (unpaired) electrons. The van der Waals surface area contributed by atoms with Crippen LogP contribution in [0.3, 0.4) is 0 Å². The van der Waals surface area contributed by atoms with Crippen LogP contribution in [0.4, 0.5) is 16.2 Å². The van der Waals surface area contributed by atoms with Gasteiger partial charge in [-0.25, -0.2) is 4.79 Å². The molecule has 1 fully saturated rings. The number of hydrogen-bond acceptors (Lipinski definition) is 3. The Morgan fingerprint density at radius 3 is 2.89 bits per heavy atom. The van der Waals surface area contributed by atoms with Crippen molar-refractivity contribution in [2.45, 2.75) is 6.92 Å². The third kappa shape index (κ3) is 2.60. The van der Waals surface area contributed by atoms with Crippen molar-refractivity contribution in [2.75, 3.05) is 30.0 Å². The van der Waals surface area contributed by atoms with Crippen LogP contribution in [0.1, 0.15) is 5.56 Å². The lowest BCUT2D eigenvalue weighted by molar-refractivity contribution is -0.125. The van der Waals surface area contributed by atoms with E-state index < -0.39 is 6.09 Å². The zero-order valence-corrected chi connectivity index (χ0v) is 9.97. The number of anilines is 2. The van der Waals surface area contributed by atoms with Gasteiger partial charge in [-0.1, -0.05) is 0 Å². The van der Waals surface area contributed by atoms with Crippen molar-refractivity contribution >= 4 is 23.4 Å². The van der Waals surface area contributed by atoms with Crippen molar-refractivity contribution in [3.8, 4) is 0 Å². The third-order valence-electron chi connectivity index (χ3n) is 2.72. The van der Waals surface area contributed by atoms with E-state index in [0.717, 1.165) is 11.3 Å². The van der Waals surface area contributed by atoms with Gasteiger partial charge in [-0.05, 0) is 30.7 Å². The molecule has 0 atom stereocenters. The number of amides is 2. The lowest BCUT2D eigenvalue weighted by Crippen LogP contribution is -2.42. The number of carbonyl (C=O) groups is 2. The van der Waals surface area contributed by atoms with Gasteiger partial charge in [0.05, 0.1) is 6.61 Å². The van der Waals surface area contributed by atoms with E-state index in [1.54, 1.807) is 23.1 Å². The Hall–Kier alpha value is -2.08. The largest absolute Gasteiger partial charge is 0.465 e. The van der Waals surface area contributed by atoms with Crippen LogP contribution in [0.15, 0.2) is 18.2 Å². The van der Waals surface area contributed by atoms with Crippen LogP contribution in [0.5, 0.6) is 0 Å². The molecule has 0 bridgehead atoms. The van der Waals surface area contributed by atoms with Gasteiger partial charge >= 0.3 is 6.09 Å². The van der Waals surface area contributed by atoms with Crippen LogP contribution >= 0.6 is 0 Å². The average molecular weight is 250 g/mol. The molecule has 96 valence electrons. The van der Waals surface area contributed by atoms with Gasteiger partial charge in [0.15, 0.2) is 0 Å². The quantitative estimate of drug-likeness (QED) is 0.832. The third-order valence-corrected chi connectivity index (χ3v) is 2.72. The molecule has 18 heavy (non-hydrogen) atoms. The molecule has 2 amide bonds. The van der Waals surface area contributed by atoms with Crippen molar-refractivity contribution < 1.29 is 19.4 Å². The second-order valence-corrected chi connectivity index (χ2v) is 4.03. The summed E-state index contributed by atoms with van der Waals surface area (Å²) in [5.74, 6) is -0.0803. The molecule has 6 nitrogen and oxygen atoms in total. The number of ether oxygens (including phenoxy) is 1. The van der Waals surface area contributed by atoms with Crippen LogP contribution < -0.4 is 10.2 Å². The number of nitrogens with zero attached hydrogens (tertiary/aromatic N) is 1. The van der Waals surface area contributed by atoms with Gasteiger partial charge in [-0.15, -0.1) is 0 Å². The molecule has 1 heterocycles. The van der Waals surface area contributed by atoms with Crippen LogP contribution in [0.25, 0.3) is 0 Å². The second-order valence-electron chi connectivity index (χ2n) is 4.03. The van der Waals surface area contributed by atoms with Crippen molar-refractivity contribution in [3.63, 3.8) is 0 Å². The van der Waals surface area contributed by atoms with Crippen LogP contribution in [-0.4, -0.2) is 36.9 Å². The Bertz CT molecular complexity index is 487. The number of carbonyl (C=O) groups excluding carboxylic acids is 1. The normalized spacial score (nSPS) is 15.6. The maximum atomic E-state index is 11.7. The van der Waals surface area contributed by atoms with E-state index in [0.29, 0.717) is 18.8 Å². The fourth-order valence-corrected chi connectivity index (χ4v) is 1.93. The highest BCUT2D eigenvalue weighted by molar-refractivity contribution is 5.96. The maximum Gasteiger partial charge on any atom is 0.409 e. The highest BCUT2D eigenvalue weighted by Crippen LogP contribution is 2.24. The SMILES string of the molecule is Cc1cc(NC(=O)O)ccc1N1CCOCC1=O. The first-order chi connectivity index (χ1) is 8.58. The van der Waals surface area contributed by atoms with Crippen LogP contribution in [-0.2, 0) is 9.53 Å². The average Bonchev–Trinajstić information content (AvgIpc) is 2.30. The lowest BCUT2D eigenvalue weighted by Gasteiger charge is -2.28. The van der Waals surface area contributed by atoms with Gasteiger partial charge in [-0.2, -0.15) is 0 Å². The molecule has 1 saturated heterocycles. The van der Waals surface area contributed by atoms with Gasteiger partial charge < -0.3 is 14.7 Å². The smallest absolute Gasteiger partial charge is 0.409 e. The van der Waals surface area contributed by atoms with Gasteiger partial charge in [0.1, 0.15) is 6.61 Å². The molecule has 6 heteroatoms. The minimum absolute atomic E-state index is 0.0803. The van der Waals surface area contributed by atoms with Crippen LogP contribution in [0.2, 0.25) is 0 Å². The van der Waals surface area contributed by atoms with E-state index in [4.69, 9.17) is 9.84 Å². The molecule has 1 aliphatic rings. The Morgan fingerprint density at radius 1 is 1.50 bits per heavy atom. The Balaban J connectivity index is 2.23. The molecule has 1 aromatic rings. The molecule has 1 aromatic carbocycles. The molecule has 0 aromatic heterocycles. The summed E-state index contributed by atoms with van der Waals surface area (Å²) in [7, 11) is 0. The summed E-state index contributed by atoms with van der Waals surface area (Å²) < 4.78 is 5.07. The number of benzene rings is 1. The highest BCUT2D eigenvalue weighted by Gasteiger charge is 2.21. The van der Waals surface area contributed by atoms with Crippen molar-refractivity contribution in [2.24, 2.45) is 0 Å². The Kier molecular flexibility index (Phi) is 3.47. The molecule has 2 rings (SSSR count). The minimum atomic E-state index is -1.11. The minimum Gasteiger partial charge on any atom is -0.465 e.